The van der Waals surface area contributed by atoms with E-state index in [0.29, 0.717) is 29.5 Å². The zero-order valence-electron chi connectivity index (χ0n) is 11.4. The van der Waals surface area contributed by atoms with Gasteiger partial charge in [0.05, 0.1) is 17.1 Å². The molecule has 0 atom stereocenters. The summed E-state index contributed by atoms with van der Waals surface area (Å²) in [5.74, 6) is 0.551. The molecule has 1 N–H and O–H groups in total. The molecule has 4 nitrogen and oxygen atoms in total. The van der Waals surface area contributed by atoms with Gasteiger partial charge in [-0.1, -0.05) is 17.7 Å². The van der Waals surface area contributed by atoms with Crippen LogP contribution in [0, 0.1) is 0 Å². The molecule has 0 fully saturated rings. The molecular formula is C14H16ClN3OS. The molecule has 2 heterocycles. The molecular weight excluding hydrogens is 294 g/mol. The molecule has 6 heteroatoms. The Balaban J connectivity index is 2.23. The van der Waals surface area contributed by atoms with Crippen molar-refractivity contribution < 1.29 is 4.79 Å². The van der Waals surface area contributed by atoms with Crippen LogP contribution in [0.5, 0.6) is 0 Å². The first-order valence-corrected chi connectivity index (χ1v) is 7.56. The number of rotatable bonds is 5. The highest BCUT2D eigenvalue weighted by Crippen LogP contribution is 2.21. The van der Waals surface area contributed by atoms with Crippen LogP contribution >= 0.6 is 22.9 Å². The lowest BCUT2D eigenvalue weighted by molar-refractivity contribution is 0.0754. The van der Waals surface area contributed by atoms with Crippen LogP contribution in [0.25, 0.3) is 0 Å². The van der Waals surface area contributed by atoms with Crippen LogP contribution < -0.4 is 5.32 Å². The summed E-state index contributed by atoms with van der Waals surface area (Å²) in [5.41, 5.74) is 0.476. The van der Waals surface area contributed by atoms with Crippen LogP contribution in [0.4, 0.5) is 5.82 Å². The van der Waals surface area contributed by atoms with Crippen molar-refractivity contribution in [3.63, 3.8) is 0 Å². The molecule has 0 spiro atoms. The number of hydrogen-bond acceptors (Lipinski definition) is 4. The quantitative estimate of drug-likeness (QED) is 0.919. The van der Waals surface area contributed by atoms with Crippen molar-refractivity contribution >= 4 is 34.7 Å². The summed E-state index contributed by atoms with van der Waals surface area (Å²) in [6, 6.07) is 5.69. The van der Waals surface area contributed by atoms with Crippen molar-refractivity contribution in [3.05, 3.63) is 45.2 Å². The Morgan fingerprint density at radius 3 is 2.95 bits per heavy atom. The fraction of sp³-hybridized carbons (Fsp3) is 0.286. The van der Waals surface area contributed by atoms with Gasteiger partial charge in [0.15, 0.2) is 0 Å². The van der Waals surface area contributed by atoms with E-state index in [4.69, 9.17) is 11.6 Å². The monoisotopic (exact) mass is 309 g/mol. The molecule has 0 radical (unpaired) electrons. The number of hydrogen-bond donors (Lipinski definition) is 1. The fourth-order valence-electron chi connectivity index (χ4n) is 1.83. The first-order chi connectivity index (χ1) is 9.65. The standard InChI is InChI=1S/C14H16ClN3OS/c1-3-18(9-10-5-4-6-20-10)14(19)11-7-13(16-2)17-8-12(11)15/h4-8H,3,9H2,1-2H3,(H,16,17). The van der Waals surface area contributed by atoms with Crippen molar-refractivity contribution in [2.24, 2.45) is 0 Å². The maximum atomic E-state index is 12.6. The lowest BCUT2D eigenvalue weighted by atomic mass is 10.2. The van der Waals surface area contributed by atoms with E-state index in [9.17, 15) is 4.79 Å². The summed E-state index contributed by atoms with van der Waals surface area (Å²) < 4.78 is 0. The first-order valence-electron chi connectivity index (χ1n) is 6.30. The van der Waals surface area contributed by atoms with Crippen molar-refractivity contribution in [1.82, 2.24) is 9.88 Å². The molecule has 0 saturated heterocycles. The van der Waals surface area contributed by atoms with Crippen molar-refractivity contribution in [3.8, 4) is 0 Å². The summed E-state index contributed by atoms with van der Waals surface area (Å²) in [5, 5.41) is 5.29. The second kappa shape index (κ2) is 6.72. The number of amides is 1. The third-order valence-electron chi connectivity index (χ3n) is 2.94. The topological polar surface area (TPSA) is 45.2 Å². The summed E-state index contributed by atoms with van der Waals surface area (Å²) >= 11 is 7.74. The number of nitrogens with zero attached hydrogens (tertiary/aromatic N) is 2. The van der Waals surface area contributed by atoms with Crippen LogP contribution in [0.1, 0.15) is 22.2 Å². The van der Waals surface area contributed by atoms with Crippen LogP contribution in [0.15, 0.2) is 29.8 Å². The average Bonchev–Trinajstić information content (AvgIpc) is 2.97. The van der Waals surface area contributed by atoms with Gasteiger partial charge in [0.25, 0.3) is 5.91 Å². The molecule has 0 aliphatic rings. The number of pyridine rings is 1. The van der Waals surface area contributed by atoms with Gasteiger partial charge in [-0.2, -0.15) is 0 Å². The second-order valence-corrected chi connectivity index (χ2v) is 5.64. The molecule has 2 rings (SSSR count). The highest BCUT2D eigenvalue weighted by atomic mass is 35.5. The van der Waals surface area contributed by atoms with Gasteiger partial charge in [-0.15, -0.1) is 11.3 Å². The Bertz CT molecular complexity index is 586. The van der Waals surface area contributed by atoms with Crippen molar-refractivity contribution in [1.29, 1.82) is 0 Å². The number of anilines is 1. The summed E-state index contributed by atoms with van der Waals surface area (Å²) in [6.45, 7) is 3.18. The zero-order chi connectivity index (χ0) is 14.5. The summed E-state index contributed by atoms with van der Waals surface area (Å²) in [7, 11) is 1.76. The maximum absolute atomic E-state index is 12.6. The number of aromatic nitrogens is 1. The number of carbonyl (C=O) groups is 1. The van der Waals surface area contributed by atoms with Crippen LogP contribution in [-0.2, 0) is 6.54 Å². The van der Waals surface area contributed by atoms with Gasteiger partial charge in [0.1, 0.15) is 5.82 Å². The number of thiophene rings is 1. The molecule has 106 valence electrons. The number of nitrogens with one attached hydrogen (secondary N) is 1. The molecule has 0 aromatic carbocycles. The van der Waals surface area contributed by atoms with Gasteiger partial charge in [0, 0.05) is 24.7 Å². The first kappa shape index (κ1) is 14.8. The SMILES string of the molecule is CCN(Cc1cccs1)C(=O)c1cc(NC)ncc1Cl. The number of halogens is 1. The molecule has 0 bridgehead atoms. The Hall–Kier alpha value is -1.59. The lowest BCUT2D eigenvalue weighted by Gasteiger charge is -2.21. The Morgan fingerprint density at radius 2 is 2.35 bits per heavy atom. The van der Waals surface area contributed by atoms with Crippen molar-refractivity contribution in [2.75, 3.05) is 18.9 Å². The molecule has 0 saturated carbocycles. The zero-order valence-corrected chi connectivity index (χ0v) is 13.0. The molecule has 2 aromatic heterocycles. The largest absolute Gasteiger partial charge is 0.373 e. The highest BCUT2D eigenvalue weighted by Gasteiger charge is 2.18. The third-order valence-corrected chi connectivity index (χ3v) is 4.10. The molecule has 1 amide bonds. The van der Waals surface area contributed by atoms with Gasteiger partial charge < -0.3 is 10.2 Å². The van der Waals surface area contributed by atoms with Gasteiger partial charge in [0.2, 0.25) is 0 Å². The normalized spacial score (nSPS) is 10.3. The fourth-order valence-corrected chi connectivity index (χ4v) is 2.73. The smallest absolute Gasteiger partial charge is 0.255 e. The average molecular weight is 310 g/mol. The van der Waals surface area contributed by atoms with Crippen LogP contribution in [0.2, 0.25) is 5.02 Å². The maximum Gasteiger partial charge on any atom is 0.255 e. The minimum Gasteiger partial charge on any atom is -0.373 e. The van der Waals surface area contributed by atoms with Gasteiger partial charge in [-0.25, -0.2) is 4.98 Å². The predicted molar refractivity (Wildman–Crippen MR) is 83.5 cm³/mol. The van der Waals surface area contributed by atoms with Gasteiger partial charge in [-0.3, -0.25) is 4.79 Å². The Labute approximate surface area is 127 Å². The van der Waals surface area contributed by atoms with Crippen LogP contribution in [-0.4, -0.2) is 29.4 Å². The molecule has 0 aliphatic carbocycles. The predicted octanol–water partition coefficient (Wildman–Crippen LogP) is 3.50. The molecule has 0 unspecified atom stereocenters. The Morgan fingerprint density at radius 1 is 1.55 bits per heavy atom. The number of carbonyl (C=O) groups excluding carboxylic acids is 1. The molecule has 2 aromatic rings. The Kier molecular flexibility index (Phi) is 4.98. The van der Waals surface area contributed by atoms with Gasteiger partial charge >= 0.3 is 0 Å². The van der Waals surface area contributed by atoms with E-state index in [1.54, 1.807) is 29.4 Å². The highest BCUT2D eigenvalue weighted by molar-refractivity contribution is 7.09. The van der Waals surface area contributed by atoms with Crippen molar-refractivity contribution in [2.45, 2.75) is 13.5 Å². The van der Waals surface area contributed by atoms with E-state index >= 15 is 0 Å². The minimum absolute atomic E-state index is 0.0789. The van der Waals surface area contributed by atoms with E-state index in [1.807, 2.05) is 24.4 Å². The summed E-state index contributed by atoms with van der Waals surface area (Å²) in [6.07, 6.45) is 1.50. The summed E-state index contributed by atoms with van der Waals surface area (Å²) in [4.78, 5) is 19.6. The van der Waals surface area contributed by atoms with Crippen LogP contribution in [0.3, 0.4) is 0 Å². The van der Waals surface area contributed by atoms with E-state index < -0.39 is 0 Å². The molecule has 0 aliphatic heterocycles. The third kappa shape index (κ3) is 3.29. The molecule has 20 heavy (non-hydrogen) atoms. The minimum atomic E-state index is -0.0789. The lowest BCUT2D eigenvalue weighted by Crippen LogP contribution is -2.30. The van der Waals surface area contributed by atoms with Gasteiger partial charge in [-0.05, 0) is 24.4 Å². The van der Waals surface area contributed by atoms with E-state index in [1.165, 1.54) is 6.20 Å². The second-order valence-electron chi connectivity index (χ2n) is 4.20. The van der Waals surface area contributed by atoms with E-state index in [-0.39, 0.29) is 5.91 Å². The van der Waals surface area contributed by atoms with E-state index in [0.717, 1.165) is 4.88 Å². The van der Waals surface area contributed by atoms with E-state index in [2.05, 4.69) is 10.3 Å².